The average Bonchev–Trinajstić information content (AvgIpc) is 3.14. The van der Waals surface area contributed by atoms with Gasteiger partial charge in [-0.3, -0.25) is 4.79 Å². The second-order valence-electron chi connectivity index (χ2n) is 8.27. The van der Waals surface area contributed by atoms with Gasteiger partial charge in [0.1, 0.15) is 5.54 Å². The highest BCUT2D eigenvalue weighted by atomic mass is 16.2. The van der Waals surface area contributed by atoms with Crippen LogP contribution in [0.5, 0.6) is 0 Å². The van der Waals surface area contributed by atoms with E-state index in [-0.39, 0.29) is 5.91 Å². The van der Waals surface area contributed by atoms with Crippen molar-refractivity contribution in [1.82, 2.24) is 14.9 Å². The van der Waals surface area contributed by atoms with Crippen molar-refractivity contribution in [2.24, 2.45) is 5.10 Å². The van der Waals surface area contributed by atoms with Crippen LogP contribution in [0.25, 0.3) is 0 Å². The predicted molar refractivity (Wildman–Crippen MR) is 113 cm³/mol. The normalized spacial score (nSPS) is 23.2. The van der Waals surface area contributed by atoms with E-state index < -0.39 is 11.6 Å². The number of benzene rings is 1. The van der Waals surface area contributed by atoms with Gasteiger partial charge >= 0.3 is 6.03 Å². The van der Waals surface area contributed by atoms with Crippen LogP contribution in [0.1, 0.15) is 67.6 Å². The molecule has 0 bridgehead atoms. The van der Waals surface area contributed by atoms with Gasteiger partial charge < -0.3 is 9.88 Å². The second-order valence-corrected chi connectivity index (χ2v) is 8.27. The highest BCUT2D eigenvalue weighted by Gasteiger charge is 2.49. The lowest BCUT2D eigenvalue weighted by Crippen LogP contribution is -2.40. The standard InChI is InChI=1S/C23H28N4O2/c1-16-14-18(17(2)26(16)20-12-8-5-9-13-20)15-24-27-21(28)23(3,25-22(27)29)19-10-6-4-7-11-19/h4,6-7,10-11,14-15,20H,5,8-9,12-13H2,1-3H3,(H,25,29)/b24-15-/t23-/m0/s1. The molecule has 4 rings (SSSR count). The van der Waals surface area contributed by atoms with Crippen LogP contribution >= 0.6 is 0 Å². The first kappa shape index (κ1) is 19.4. The topological polar surface area (TPSA) is 66.7 Å². The van der Waals surface area contributed by atoms with E-state index in [2.05, 4.69) is 34.9 Å². The molecule has 29 heavy (non-hydrogen) atoms. The van der Waals surface area contributed by atoms with Gasteiger partial charge in [0.2, 0.25) is 0 Å². The van der Waals surface area contributed by atoms with Crippen molar-refractivity contribution >= 4 is 18.2 Å². The molecule has 2 aliphatic rings. The lowest BCUT2D eigenvalue weighted by atomic mass is 9.92. The van der Waals surface area contributed by atoms with Gasteiger partial charge in [0, 0.05) is 23.0 Å². The molecule has 0 radical (unpaired) electrons. The Morgan fingerprint density at radius 3 is 2.48 bits per heavy atom. The van der Waals surface area contributed by atoms with E-state index in [9.17, 15) is 9.59 Å². The Kier molecular flexibility index (Phi) is 5.03. The van der Waals surface area contributed by atoms with Crippen LogP contribution in [0, 0.1) is 13.8 Å². The van der Waals surface area contributed by atoms with E-state index in [0.29, 0.717) is 6.04 Å². The zero-order chi connectivity index (χ0) is 20.6. The molecule has 1 atom stereocenters. The fourth-order valence-corrected chi connectivity index (χ4v) is 4.65. The summed E-state index contributed by atoms with van der Waals surface area (Å²) in [5.74, 6) is -0.369. The number of aromatic nitrogens is 1. The molecule has 1 aromatic carbocycles. The molecule has 2 fully saturated rings. The molecule has 1 aliphatic carbocycles. The van der Waals surface area contributed by atoms with Crippen molar-refractivity contribution in [1.29, 1.82) is 0 Å². The summed E-state index contributed by atoms with van der Waals surface area (Å²) in [7, 11) is 0. The quantitative estimate of drug-likeness (QED) is 0.619. The molecular weight excluding hydrogens is 364 g/mol. The molecule has 152 valence electrons. The summed E-state index contributed by atoms with van der Waals surface area (Å²) in [4.78, 5) is 25.5. The van der Waals surface area contributed by atoms with E-state index in [1.54, 1.807) is 13.1 Å². The Morgan fingerprint density at radius 2 is 1.79 bits per heavy atom. The third-order valence-electron chi connectivity index (χ3n) is 6.30. The largest absolute Gasteiger partial charge is 0.346 e. The molecule has 3 amide bonds. The van der Waals surface area contributed by atoms with Gasteiger partial charge in [-0.05, 0) is 45.2 Å². The minimum atomic E-state index is -1.10. The monoisotopic (exact) mass is 392 g/mol. The number of hydrogen-bond acceptors (Lipinski definition) is 3. The minimum Gasteiger partial charge on any atom is -0.345 e. The van der Waals surface area contributed by atoms with Crippen LogP contribution in [0.15, 0.2) is 41.5 Å². The number of nitrogens with zero attached hydrogens (tertiary/aromatic N) is 3. The SMILES string of the molecule is Cc1cc(/C=N\N2C(=O)N[C@@](C)(c3ccccc3)C2=O)c(C)n1C1CCCCC1. The average molecular weight is 393 g/mol. The number of aryl methyl sites for hydroxylation is 1. The van der Waals surface area contributed by atoms with Crippen molar-refractivity contribution in [3.63, 3.8) is 0 Å². The molecule has 0 unspecified atom stereocenters. The summed E-state index contributed by atoms with van der Waals surface area (Å²) in [5, 5.41) is 8.00. The molecule has 6 nitrogen and oxygen atoms in total. The molecule has 1 saturated carbocycles. The highest BCUT2D eigenvalue weighted by Crippen LogP contribution is 2.32. The van der Waals surface area contributed by atoms with Crippen molar-refractivity contribution in [3.8, 4) is 0 Å². The summed E-state index contributed by atoms with van der Waals surface area (Å²) in [6, 6.07) is 11.4. The van der Waals surface area contributed by atoms with E-state index in [4.69, 9.17) is 0 Å². The number of nitrogens with one attached hydrogen (secondary N) is 1. The van der Waals surface area contributed by atoms with E-state index in [1.807, 2.05) is 30.3 Å². The molecule has 1 aliphatic heterocycles. The minimum absolute atomic E-state index is 0.369. The molecule has 6 heteroatoms. The van der Waals surface area contributed by atoms with Crippen molar-refractivity contribution < 1.29 is 9.59 Å². The van der Waals surface area contributed by atoms with Crippen LogP contribution < -0.4 is 5.32 Å². The number of carbonyl (C=O) groups is 2. The fraction of sp³-hybridized carbons (Fsp3) is 0.435. The maximum atomic E-state index is 13.0. The summed E-state index contributed by atoms with van der Waals surface area (Å²) in [5.41, 5.74) is 2.92. The summed E-state index contributed by atoms with van der Waals surface area (Å²) >= 11 is 0. The molecule has 1 saturated heterocycles. The van der Waals surface area contributed by atoms with Gasteiger partial charge in [-0.25, -0.2) is 4.79 Å². The summed E-state index contributed by atoms with van der Waals surface area (Å²) < 4.78 is 2.39. The predicted octanol–water partition coefficient (Wildman–Crippen LogP) is 4.41. The second kappa shape index (κ2) is 7.50. The van der Waals surface area contributed by atoms with E-state index in [1.165, 1.54) is 37.8 Å². The van der Waals surface area contributed by atoms with E-state index in [0.717, 1.165) is 21.8 Å². The number of hydrogen-bond donors (Lipinski definition) is 1. The Hall–Kier alpha value is -2.89. The molecule has 2 heterocycles. The van der Waals surface area contributed by atoms with Gasteiger partial charge in [-0.1, -0.05) is 49.6 Å². The zero-order valence-corrected chi connectivity index (χ0v) is 17.3. The fourth-order valence-electron chi connectivity index (χ4n) is 4.65. The smallest absolute Gasteiger partial charge is 0.345 e. The highest BCUT2D eigenvalue weighted by molar-refractivity contribution is 6.07. The van der Waals surface area contributed by atoms with Gasteiger partial charge in [0.15, 0.2) is 0 Å². The molecule has 1 N–H and O–H groups in total. The Labute approximate surface area is 171 Å². The maximum absolute atomic E-state index is 13.0. The lowest BCUT2D eigenvalue weighted by molar-refractivity contribution is -0.131. The number of carbonyl (C=O) groups excluding carboxylic acids is 2. The van der Waals surface area contributed by atoms with Gasteiger partial charge in [0.25, 0.3) is 5.91 Å². The van der Waals surface area contributed by atoms with Crippen LogP contribution in [0.3, 0.4) is 0 Å². The number of urea groups is 1. The molecular formula is C23H28N4O2. The van der Waals surface area contributed by atoms with Crippen LogP contribution in [-0.4, -0.2) is 27.7 Å². The number of rotatable bonds is 4. The van der Waals surface area contributed by atoms with Gasteiger partial charge in [-0.15, -0.1) is 5.01 Å². The third-order valence-corrected chi connectivity index (χ3v) is 6.30. The van der Waals surface area contributed by atoms with Gasteiger partial charge in [0.05, 0.1) is 6.21 Å². The molecule has 2 aromatic rings. The number of imide groups is 1. The molecule has 1 aromatic heterocycles. The number of amides is 3. The van der Waals surface area contributed by atoms with Gasteiger partial charge in [-0.2, -0.15) is 5.10 Å². The van der Waals surface area contributed by atoms with Crippen LogP contribution in [-0.2, 0) is 10.3 Å². The Balaban J connectivity index is 1.58. The van der Waals surface area contributed by atoms with Crippen LogP contribution in [0.2, 0.25) is 0 Å². The van der Waals surface area contributed by atoms with Crippen molar-refractivity contribution in [2.75, 3.05) is 0 Å². The zero-order valence-electron chi connectivity index (χ0n) is 17.3. The maximum Gasteiger partial charge on any atom is 0.346 e. The first-order valence-corrected chi connectivity index (χ1v) is 10.4. The lowest BCUT2D eigenvalue weighted by Gasteiger charge is -2.26. The van der Waals surface area contributed by atoms with Crippen LogP contribution in [0.4, 0.5) is 4.79 Å². The van der Waals surface area contributed by atoms with Crippen molar-refractivity contribution in [2.45, 2.75) is 64.5 Å². The first-order chi connectivity index (χ1) is 13.9. The number of hydrazone groups is 1. The summed E-state index contributed by atoms with van der Waals surface area (Å²) in [6.07, 6.45) is 7.90. The molecule has 0 spiro atoms. The van der Waals surface area contributed by atoms with Crippen molar-refractivity contribution in [3.05, 3.63) is 58.9 Å². The Morgan fingerprint density at radius 1 is 1.10 bits per heavy atom. The van der Waals surface area contributed by atoms with E-state index >= 15 is 0 Å². The first-order valence-electron chi connectivity index (χ1n) is 10.4. The Bertz CT molecular complexity index is 957. The summed E-state index contributed by atoms with van der Waals surface area (Å²) in [6.45, 7) is 5.91. The third kappa shape index (κ3) is 3.37.